The second-order valence-electron chi connectivity index (χ2n) is 6.22. The number of nitro benzene ring substituents is 1. The highest BCUT2D eigenvalue weighted by Crippen LogP contribution is 2.12. The number of guanidine groups is 1. The van der Waals surface area contributed by atoms with E-state index in [2.05, 4.69) is 50.2 Å². The molecule has 0 radical (unpaired) electrons. The van der Waals surface area contributed by atoms with Crippen LogP contribution in [0.3, 0.4) is 0 Å². The van der Waals surface area contributed by atoms with Gasteiger partial charge in [0.05, 0.1) is 11.5 Å². The summed E-state index contributed by atoms with van der Waals surface area (Å²) >= 11 is 0. The van der Waals surface area contributed by atoms with Crippen molar-refractivity contribution in [2.75, 3.05) is 0 Å². The number of rotatable bonds is 7. The first-order chi connectivity index (χ1) is 10.8. The Labute approximate surface area is 161 Å². The van der Waals surface area contributed by atoms with Crippen LogP contribution in [0.15, 0.2) is 29.3 Å². The molecule has 136 valence electrons. The van der Waals surface area contributed by atoms with Gasteiger partial charge in [0.2, 0.25) is 0 Å². The van der Waals surface area contributed by atoms with Gasteiger partial charge in [0, 0.05) is 24.2 Å². The van der Waals surface area contributed by atoms with Crippen molar-refractivity contribution in [3.05, 3.63) is 39.9 Å². The normalized spacial score (nSPS) is 13.8. The highest BCUT2D eigenvalue weighted by molar-refractivity contribution is 14.0. The maximum Gasteiger partial charge on any atom is 0.269 e. The minimum atomic E-state index is -0.394. The number of non-ortho nitro benzene ring substituents is 1. The number of hydrogen-bond acceptors (Lipinski definition) is 3. The van der Waals surface area contributed by atoms with Gasteiger partial charge in [-0.3, -0.25) is 10.1 Å². The summed E-state index contributed by atoms with van der Waals surface area (Å²) in [6, 6.07) is 7.15. The summed E-state index contributed by atoms with van der Waals surface area (Å²) in [5, 5.41) is 17.5. The Morgan fingerprint density at radius 2 is 1.75 bits per heavy atom. The molecule has 6 nitrogen and oxygen atoms in total. The van der Waals surface area contributed by atoms with E-state index in [1.807, 2.05) is 0 Å². The molecule has 24 heavy (non-hydrogen) atoms. The minimum absolute atomic E-state index is 0. The van der Waals surface area contributed by atoms with Gasteiger partial charge in [-0.05, 0) is 31.7 Å². The van der Waals surface area contributed by atoms with Crippen LogP contribution in [0.2, 0.25) is 0 Å². The lowest BCUT2D eigenvalue weighted by atomic mass is 10.1. The number of nitrogens with zero attached hydrogens (tertiary/aromatic N) is 2. The number of aliphatic imine (C=N–C) groups is 1. The standard InChI is InChI=1S/C17H28N4O2.HI/c1-6-13(4)19-17(20-14(5)12(2)3)18-11-15-7-9-16(10-8-15)21(22)23;/h7-10,12-14H,6,11H2,1-5H3,(H2,18,19,20);1H. The molecule has 0 amide bonds. The van der Waals surface area contributed by atoms with Crippen molar-refractivity contribution in [2.24, 2.45) is 10.9 Å². The van der Waals surface area contributed by atoms with Gasteiger partial charge >= 0.3 is 0 Å². The summed E-state index contributed by atoms with van der Waals surface area (Å²) in [5.74, 6) is 1.28. The fraction of sp³-hybridized carbons (Fsp3) is 0.588. The number of nitrogens with one attached hydrogen (secondary N) is 2. The van der Waals surface area contributed by atoms with Gasteiger partial charge in [-0.2, -0.15) is 0 Å². The van der Waals surface area contributed by atoms with Gasteiger partial charge in [-0.25, -0.2) is 4.99 Å². The average Bonchev–Trinajstić information content (AvgIpc) is 2.52. The Bertz CT molecular complexity index is 532. The second kappa shape index (κ2) is 11.2. The molecule has 1 aromatic rings. The van der Waals surface area contributed by atoms with Gasteiger partial charge in [-0.1, -0.05) is 32.9 Å². The number of hydrogen-bond donors (Lipinski definition) is 2. The highest BCUT2D eigenvalue weighted by atomic mass is 127. The molecule has 1 rings (SSSR count). The van der Waals surface area contributed by atoms with Crippen molar-refractivity contribution in [1.29, 1.82) is 0 Å². The molecule has 1 aromatic carbocycles. The Morgan fingerprint density at radius 1 is 1.17 bits per heavy atom. The number of benzene rings is 1. The van der Waals surface area contributed by atoms with E-state index in [-0.39, 0.29) is 29.7 Å². The smallest absolute Gasteiger partial charge is 0.269 e. The Morgan fingerprint density at radius 3 is 2.21 bits per heavy atom. The lowest BCUT2D eigenvalue weighted by Crippen LogP contribution is -2.47. The molecule has 0 bridgehead atoms. The third-order valence-corrected chi connectivity index (χ3v) is 3.93. The summed E-state index contributed by atoms with van der Waals surface area (Å²) in [6.45, 7) is 11.2. The van der Waals surface area contributed by atoms with Crippen molar-refractivity contribution in [1.82, 2.24) is 10.6 Å². The van der Waals surface area contributed by atoms with Crippen molar-refractivity contribution >= 4 is 35.6 Å². The van der Waals surface area contributed by atoms with Crippen LogP contribution in [0.4, 0.5) is 5.69 Å². The number of halogens is 1. The maximum atomic E-state index is 10.7. The van der Waals surface area contributed by atoms with Crippen molar-refractivity contribution in [3.8, 4) is 0 Å². The van der Waals surface area contributed by atoms with Crippen LogP contribution in [0.25, 0.3) is 0 Å². The fourth-order valence-electron chi connectivity index (χ4n) is 1.74. The number of nitro groups is 1. The molecule has 7 heteroatoms. The quantitative estimate of drug-likeness (QED) is 0.217. The van der Waals surface area contributed by atoms with Gasteiger partial charge < -0.3 is 10.6 Å². The first-order valence-electron chi connectivity index (χ1n) is 8.14. The van der Waals surface area contributed by atoms with Crippen LogP contribution in [0, 0.1) is 16.0 Å². The summed E-state index contributed by atoms with van der Waals surface area (Å²) in [6.07, 6.45) is 1.01. The first kappa shape index (κ1) is 22.6. The van der Waals surface area contributed by atoms with Gasteiger partial charge in [0.15, 0.2) is 5.96 Å². The monoisotopic (exact) mass is 448 g/mol. The maximum absolute atomic E-state index is 10.7. The SMILES string of the molecule is CCC(C)NC(=NCc1ccc([N+](=O)[O-])cc1)NC(C)C(C)C.I. The van der Waals surface area contributed by atoms with E-state index in [0.29, 0.717) is 24.5 Å². The minimum Gasteiger partial charge on any atom is -0.354 e. The first-order valence-corrected chi connectivity index (χ1v) is 8.14. The third-order valence-electron chi connectivity index (χ3n) is 3.93. The van der Waals surface area contributed by atoms with Crippen LogP contribution in [0.5, 0.6) is 0 Å². The molecule has 0 aromatic heterocycles. The summed E-state index contributed by atoms with van der Waals surface area (Å²) < 4.78 is 0. The van der Waals surface area contributed by atoms with E-state index < -0.39 is 4.92 Å². The molecule has 0 heterocycles. The Hall–Kier alpha value is -1.38. The van der Waals surface area contributed by atoms with Gasteiger partial charge in [-0.15, -0.1) is 24.0 Å². The van der Waals surface area contributed by atoms with Crippen LogP contribution >= 0.6 is 24.0 Å². The molecular weight excluding hydrogens is 419 g/mol. The van der Waals surface area contributed by atoms with E-state index in [1.54, 1.807) is 12.1 Å². The lowest BCUT2D eigenvalue weighted by molar-refractivity contribution is -0.384. The Balaban J connectivity index is 0.00000529. The lowest BCUT2D eigenvalue weighted by Gasteiger charge is -2.23. The topological polar surface area (TPSA) is 79.6 Å². The van der Waals surface area contributed by atoms with Crippen molar-refractivity contribution < 1.29 is 4.92 Å². The predicted molar refractivity (Wildman–Crippen MR) is 110 cm³/mol. The molecule has 0 aliphatic heterocycles. The zero-order valence-corrected chi connectivity index (χ0v) is 17.4. The zero-order valence-electron chi connectivity index (χ0n) is 15.1. The van der Waals surface area contributed by atoms with E-state index >= 15 is 0 Å². The molecule has 0 spiro atoms. The van der Waals surface area contributed by atoms with E-state index in [9.17, 15) is 10.1 Å². The van der Waals surface area contributed by atoms with E-state index in [0.717, 1.165) is 17.9 Å². The van der Waals surface area contributed by atoms with Gasteiger partial charge in [0.1, 0.15) is 0 Å². The molecule has 2 atom stereocenters. The van der Waals surface area contributed by atoms with Crippen molar-refractivity contribution in [2.45, 2.75) is 59.7 Å². The molecule has 0 aliphatic carbocycles. The van der Waals surface area contributed by atoms with E-state index in [1.165, 1.54) is 12.1 Å². The molecule has 0 fully saturated rings. The third kappa shape index (κ3) is 7.94. The van der Waals surface area contributed by atoms with E-state index in [4.69, 9.17) is 0 Å². The van der Waals surface area contributed by atoms with Gasteiger partial charge in [0.25, 0.3) is 5.69 Å². The fourth-order valence-corrected chi connectivity index (χ4v) is 1.74. The Kier molecular flexibility index (Phi) is 10.6. The largest absolute Gasteiger partial charge is 0.354 e. The average molecular weight is 448 g/mol. The summed E-state index contributed by atoms with van der Waals surface area (Å²) in [7, 11) is 0. The van der Waals surface area contributed by atoms with Crippen molar-refractivity contribution in [3.63, 3.8) is 0 Å². The summed E-state index contributed by atoms with van der Waals surface area (Å²) in [4.78, 5) is 14.9. The summed E-state index contributed by atoms with van der Waals surface area (Å²) in [5.41, 5.74) is 1.04. The molecule has 2 N–H and O–H groups in total. The van der Waals surface area contributed by atoms with Crippen LogP contribution in [-0.4, -0.2) is 23.0 Å². The highest BCUT2D eigenvalue weighted by Gasteiger charge is 2.11. The molecule has 2 unspecified atom stereocenters. The van der Waals surface area contributed by atoms with Crippen LogP contribution in [-0.2, 0) is 6.54 Å². The molecular formula is C17H29IN4O2. The molecule has 0 saturated heterocycles. The zero-order chi connectivity index (χ0) is 17.4. The second-order valence-corrected chi connectivity index (χ2v) is 6.22. The predicted octanol–water partition coefficient (Wildman–Crippen LogP) is 4.09. The molecule has 0 saturated carbocycles. The molecule has 0 aliphatic rings. The van der Waals surface area contributed by atoms with Crippen LogP contribution < -0.4 is 10.6 Å². The van der Waals surface area contributed by atoms with Crippen LogP contribution in [0.1, 0.15) is 46.6 Å².